The largest absolute Gasteiger partial charge is 0.368 e. The predicted molar refractivity (Wildman–Crippen MR) is 132 cm³/mol. The third-order valence-corrected chi connectivity index (χ3v) is 7.10. The molecule has 33 heavy (non-hydrogen) atoms. The minimum absolute atomic E-state index is 0.0640. The zero-order valence-corrected chi connectivity index (χ0v) is 19.9. The van der Waals surface area contributed by atoms with Crippen molar-refractivity contribution in [1.29, 1.82) is 0 Å². The number of carbonyl (C=O) groups excluding carboxylic acids is 1. The Labute approximate surface area is 197 Å². The number of aromatic nitrogens is 2. The molecule has 1 fully saturated rings. The number of aryl methyl sites for hydroxylation is 3. The number of piperazine rings is 1. The molecule has 0 aliphatic carbocycles. The SMILES string of the molecule is Cc1ccc(-c2nc(-c3ccc(C(=O)N4CCN(c5cc(C)ccc5C)CC4)s3)no2)cc1. The van der Waals surface area contributed by atoms with Crippen LogP contribution in [0.1, 0.15) is 26.4 Å². The summed E-state index contributed by atoms with van der Waals surface area (Å²) in [5.74, 6) is 1.05. The summed E-state index contributed by atoms with van der Waals surface area (Å²) in [5.41, 5.74) is 5.85. The molecule has 0 radical (unpaired) electrons. The molecule has 0 spiro atoms. The second-order valence-electron chi connectivity index (χ2n) is 8.52. The maximum absolute atomic E-state index is 13.1. The number of amides is 1. The summed E-state index contributed by atoms with van der Waals surface area (Å²) in [6.07, 6.45) is 0. The molecular formula is C26H26N4O2S. The van der Waals surface area contributed by atoms with Gasteiger partial charge in [-0.15, -0.1) is 11.3 Å². The van der Waals surface area contributed by atoms with Crippen molar-refractivity contribution < 1.29 is 9.32 Å². The fraction of sp³-hybridized carbons (Fsp3) is 0.269. The van der Waals surface area contributed by atoms with Crippen LogP contribution < -0.4 is 4.90 Å². The Morgan fingerprint density at radius 1 is 0.909 bits per heavy atom. The molecule has 1 amide bonds. The first kappa shape index (κ1) is 21.4. The monoisotopic (exact) mass is 458 g/mol. The molecule has 6 nitrogen and oxygen atoms in total. The van der Waals surface area contributed by atoms with E-state index in [-0.39, 0.29) is 5.91 Å². The third-order valence-electron chi connectivity index (χ3n) is 6.03. The minimum Gasteiger partial charge on any atom is -0.368 e. The van der Waals surface area contributed by atoms with Crippen LogP contribution in [0.25, 0.3) is 22.2 Å². The molecule has 2 aromatic carbocycles. The van der Waals surface area contributed by atoms with Crippen LogP contribution in [0.2, 0.25) is 0 Å². The standard InChI is InChI=1S/C26H26N4O2S/c1-17-5-8-20(9-6-17)25-27-24(28-32-25)22-10-11-23(33-22)26(31)30-14-12-29(13-15-30)21-16-18(2)4-7-19(21)3/h4-11,16H,12-15H2,1-3H3. The molecular weight excluding hydrogens is 432 g/mol. The average Bonchev–Trinajstić information content (AvgIpc) is 3.51. The van der Waals surface area contributed by atoms with Gasteiger partial charge in [0.25, 0.3) is 11.8 Å². The van der Waals surface area contributed by atoms with Gasteiger partial charge in [-0.25, -0.2) is 0 Å². The van der Waals surface area contributed by atoms with E-state index < -0.39 is 0 Å². The molecule has 0 atom stereocenters. The number of rotatable bonds is 4. The molecule has 5 rings (SSSR count). The smallest absolute Gasteiger partial charge is 0.264 e. The van der Waals surface area contributed by atoms with E-state index in [4.69, 9.17) is 4.52 Å². The van der Waals surface area contributed by atoms with Gasteiger partial charge in [-0.3, -0.25) is 4.79 Å². The van der Waals surface area contributed by atoms with E-state index in [0.717, 1.165) is 23.5 Å². The number of nitrogens with zero attached hydrogens (tertiary/aromatic N) is 4. The minimum atomic E-state index is 0.0640. The van der Waals surface area contributed by atoms with Crippen LogP contribution in [-0.4, -0.2) is 47.1 Å². The van der Waals surface area contributed by atoms with E-state index in [1.807, 2.05) is 48.2 Å². The second-order valence-corrected chi connectivity index (χ2v) is 9.61. The Bertz CT molecular complexity index is 1280. The lowest BCUT2D eigenvalue weighted by Crippen LogP contribution is -2.48. The van der Waals surface area contributed by atoms with E-state index >= 15 is 0 Å². The first-order chi connectivity index (χ1) is 16.0. The Hall–Kier alpha value is -3.45. The number of benzene rings is 2. The van der Waals surface area contributed by atoms with E-state index in [0.29, 0.717) is 29.7 Å². The van der Waals surface area contributed by atoms with Crippen molar-refractivity contribution in [2.45, 2.75) is 20.8 Å². The van der Waals surface area contributed by atoms with Crippen molar-refractivity contribution in [1.82, 2.24) is 15.0 Å². The third kappa shape index (κ3) is 4.41. The highest BCUT2D eigenvalue weighted by Gasteiger charge is 2.25. The topological polar surface area (TPSA) is 62.5 Å². The Balaban J connectivity index is 1.26. The summed E-state index contributed by atoms with van der Waals surface area (Å²) < 4.78 is 5.45. The van der Waals surface area contributed by atoms with Crippen LogP contribution in [0.4, 0.5) is 5.69 Å². The predicted octanol–water partition coefficient (Wildman–Crippen LogP) is 5.35. The molecule has 168 valence electrons. The average molecular weight is 459 g/mol. The van der Waals surface area contributed by atoms with Gasteiger partial charge in [-0.2, -0.15) is 4.98 Å². The van der Waals surface area contributed by atoms with Crippen LogP contribution in [0.3, 0.4) is 0 Å². The molecule has 2 aromatic heterocycles. The van der Waals surface area contributed by atoms with E-state index in [1.165, 1.54) is 33.7 Å². The van der Waals surface area contributed by atoms with Crippen LogP contribution in [0.15, 0.2) is 59.1 Å². The van der Waals surface area contributed by atoms with Gasteiger partial charge >= 0.3 is 0 Å². The van der Waals surface area contributed by atoms with E-state index in [2.05, 4.69) is 47.1 Å². The van der Waals surface area contributed by atoms with Crippen molar-refractivity contribution in [2.75, 3.05) is 31.1 Å². The molecule has 0 bridgehead atoms. The van der Waals surface area contributed by atoms with Gasteiger partial charge in [0, 0.05) is 37.4 Å². The number of hydrogen-bond donors (Lipinski definition) is 0. The lowest BCUT2D eigenvalue weighted by Gasteiger charge is -2.36. The van der Waals surface area contributed by atoms with Gasteiger partial charge in [0.05, 0.1) is 9.75 Å². The van der Waals surface area contributed by atoms with E-state index in [1.54, 1.807) is 0 Å². The number of hydrogen-bond acceptors (Lipinski definition) is 6. The molecule has 0 N–H and O–H groups in total. The lowest BCUT2D eigenvalue weighted by molar-refractivity contribution is 0.0751. The van der Waals surface area contributed by atoms with Gasteiger partial charge in [0.2, 0.25) is 5.82 Å². The van der Waals surface area contributed by atoms with E-state index in [9.17, 15) is 4.79 Å². The summed E-state index contributed by atoms with van der Waals surface area (Å²) in [6, 6.07) is 18.3. The van der Waals surface area contributed by atoms with Gasteiger partial charge in [-0.05, 0) is 62.2 Å². The Morgan fingerprint density at radius 2 is 1.64 bits per heavy atom. The van der Waals surface area contributed by atoms with Gasteiger partial charge < -0.3 is 14.3 Å². The summed E-state index contributed by atoms with van der Waals surface area (Å²) in [6.45, 7) is 9.37. The highest BCUT2D eigenvalue weighted by molar-refractivity contribution is 7.17. The van der Waals surface area contributed by atoms with Gasteiger partial charge in [0.1, 0.15) is 0 Å². The first-order valence-corrected chi connectivity index (χ1v) is 11.9. The Kier molecular flexibility index (Phi) is 5.72. The van der Waals surface area contributed by atoms with Crippen LogP contribution >= 0.6 is 11.3 Å². The van der Waals surface area contributed by atoms with Crippen LogP contribution in [0.5, 0.6) is 0 Å². The lowest BCUT2D eigenvalue weighted by atomic mass is 10.1. The summed E-state index contributed by atoms with van der Waals surface area (Å²) in [7, 11) is 0. The Morgan fingerprint density at radius 3 is 2.39 bits per heavy atom. The molecule has 1 aliphatic rings. The molecule has 3 heterocycles. The highest BCUT2D eigenvalue weighted by atomic mass is 32.1. The molecule has 0 saturated carbocycles. The van der Waals surface area contributed by atoms with Crippen molar-refractivity contribution in [3.63, 3.8) is 0 Å². The number of anilines is 1. The van der Waals surface area contributed by atoms with Crippen LogP contribution in [-0.2, 0) is 0 Å². The van der Waals surface area contributed by atoms with Crippen molar-refractivity contribution in [3.05, 3.63) is 76.2 Å². The highest BCUT2D eigenvalue weighted by Crippen LogP contribution is 2.30. The molecule has 1 saturated heterocycles. The summed E-state index contributed by atoms with van der Waals surface area (Å²) in [4.78, 5) is 23.5. The van der Waals surface area contributed by atoms with Gasteiger partial charge in [-0.1, -0.05) is 35.0 Å². The number of thiophene rings is 1. The summed E-state index contributed by atoms with van der Waals surface area (Å²) >= 11 is 1.41. The second kappa shape index (κ2) is 8.83. The van der Waals surface area contributed by atoms with Crippen LogP contribution in [0, 0.1) is 20.8 Å². The van der Waals surface area contributed by atoms with Crippen molar-refractivity contribution in [3.8, 4) is 22.2 Å². The summed E-state index contributed by atoms with van der Waals surface area (Å²) in [5, 5.41) is 4.12. The first-order valence-electron chi connectivity index (χ1n) is 11.1. The molecule has 4 aromatic rings. The van der Waals surface area contributed by atoms with Gasteiger partial charge in [0.15, 0.2) is 0 Å². The molecule has 7 heteroatoms. The van der Waals surface area contributed by atoms with Crippen molar-refractivity contribution >= 4 is 22.9 Å². The number of carbonyl (C=O) groups is 1. The zero-order valence-electron chi connectivity index (χ0n) is 19.0. The maximum atomic E-state index is 13.1. The normalized spacial score (nSPS) is 14.0. The molecule has 0 unspecified atom stereocenters. The maximum Gasteiger partial charge on any atom is 0.264 e. The van der Waals surface area contributed by atoms with Crippen molar-refractivity contribution in [2.24, 2.45) is 0 Å². The fourth-order valence-corrected chi connectivity index (χ4v) is 4.98. The fourth-order valence-electron chi connectivity index (χ4n) is 4.08. The zero-order chi connectivity index (χ0) is 22.9. The quantitative estimate of drug-likeness (QED) is 0.412. The molecule has 1 aliphatic heterocycles.